The number of fused-ring (bicyclic) bond motifs is 1. The molecule has 0 saturated carbocycles. The second-order valence-electron chi connectivity index (χ2n) is 3.34. The van der Waals surface area contributed by atoms with E-state index in [0.717, 1.165) is 19.6 Å². The molecule has 0 radical (unpaired) electrons. The topological polar surface area (TPSA) is 43.8 Å². The Labute approximate surface area is 71.1 Å². The predicted molar refractivity (Wildman–Crippen MR) is 43.5 cm³/mol. The maximum Gasteiger partial charge on any atom is 0.317 e. The van der Waals surface area contributed by atoms with Crippen LogP contribution < -0.4 is 0 Å². The van der Waals surface area contributed by atoms with E-state index in [0.29, 0.717) is 6.04 Å². The Morgan fingerprint density at radius 1 is 1.67 bits per heavy atom. The minimum atomic E-state index is -0.736. The Balaban J connectivity index is 1.90. The van der Waals surface area contributed by atoms with Gasteiger partial charge in [-0.1, -0.05) is 6.08 Å². The van der Waals surface area contributed by atoms with Crippen LogP contribution in [0.15, 0.2) is 12.3 Å². The van der Waals surface area contributed by atoms with Gasteiger partial charge in [-0.15, -0.1) is 0 Å². The molecule has 0 bridgehead atoms. The Bertz CT molecular complexity index is 227. The second kappa shape index (κ2) is 2.79. The largest absolute Gasteiger partial charge is 0.480 e. The molecule has 0 aromatic carbocycles. The van der Waals surface area contributed by atoms with Gasteiger partial charge in [-0.3, -0.25) is 9.69 Å². The molecule has 12 heavy (non-hydrogen) atoms. The quantitative estimate of drug-likeness (QED) is 0.627. The van der Waals surface area contributed by atoms with E-state index in [1.165, 1.54) is 0 Å². The van der Waals surface area contributed by atoms with E-state index < -0.39 is 5.97 Å². The Kier molecular flexibility index (Phi) is 1.77. The molecule has 4 heteroatoms. The van der Waals surface area contributed by atoms with Crippen molar-refractivity contribution >= 4 is 5.97 Å². The van der Waals surface area contributed by atoms with Crippen molar-refractivity contribution < 1.29 is 9.90 Å². The van der Waals surface area contributed by atoms with Gasteiger partial charge in [-0.2, -0.15) is 0 Å². The molecule has 2 rings (SSSR count). The van der Waals surface area contributed by atoms with Crippen LogP contribution in [-0.2, 0) is 4.79 Å². The minimum absolute atomic E-state index is 0.167. The molecule has 1 N–H and O–H groups in total. The van der Waals surface area contributed by atoms with Crippen LogP contribution in [0.4, 0.5) is 0 Å². The number of rotatable bonds is 2. The number of carboxylic acids is 1. The molecule has 4 nitrogen and oxygen atoms in total. The highest BCUT2D eigenvalue weighted by molar-refractivity contribution is 5.69. The van der Waals surface area contributed by atoms with Crippen molar-refractivity contribution in [3.63, 3.8) is 0 Å². The summed E-state index contributed by atoms with van der Waals surface area (Å²) < 4.78 is 0. The number of hydrogen-bond donors (Lipinski definition) is 1. The molecule has 2 aliphatic heterocycles. The first-order valence-corrected chi connectivity index (χ1v) is 4.12. The van der Waals surface area contributed by atoms with E-state index in [1.54, 1.807) is 0 Å². The molecular formula is C8H12N2O2. The van der Waals surface area contributed by atoms with Crippen molar-refractivity contribution in [2.24, 2.45) is 0 Å². The lowest BCUT2D eigenvalue weighted by Gasteiger charge is -2.13. The van der Waals surface area contributed by atoms with Gasteiger partial charge in [0.05, 0.1) is 13.2 Å². The van der Waals surface area contributed by atoms with Gasteiger partial charge in [0.2, 0.25) is 0 Å². The highest BCUT2D eigenvalue weighted by atomic mass is 16.4. The third-order valence-electron chi connectivity index (χ3n) is 2.37. The molecule has 0 aliphatic carbocycles. The van der Waals surface area contributed by atoms with Gasteiger partial charge in [-0.05, 0) is 12.6 Å². The molecule has 1 unspecified atom stereocenters. The van der Waals surface area contributed by atoms with Crippen molar-refractivity contribution in [3.8, 4) is 0 Å². The molecule has 0 spiro atoms. The maximum absolute atomic E-state index is 10.4. The summed E-state index contributed by atoms with van der Waals surface area (Å²) in [6, 6.07) is 0.532. The first-order chi connectivity index (χ1) is 5.75. The van der Waals surface area contributed by atoms with Crippen molar-refractivity contribution in [1.82, 2.24) is 9.80 Å². The van der Waals surface area contributed by atoms with Crippen LogP contribution >= 0.6 is 0 Å². The molecule has 2 aliphatic rings. The van der Waals surface area contributed by atoms with Crippen LogP contribution in [0.2, 0.25) is 0 Å². The number of hydrogen-bond acceptors (Lipinski definition) is 3. The average Bonchev–Trinajstić information content (AvgIpc) is 2.43. The minimum Gasteiger partial charge on any atom is -0.480 e. The van der Waals surface area contributed by atoms with Crippen molar-refractivity contribution in [1.29, 1.82) is 0 Å². The zero-order valence-electron chi connectivity index (χ0n) is 6.81. The van der Waals surface area contributed by atoms with E-state index >= 15 is 0 Å². The summed E-state index contributed by atoms with van der Waals surface area (Å²) in [5.41, 5.74) is 0. The van der Waals surface area contributed by atoms with Gasteiger partial charge >= 0.3 is 5.97 Å². The summed E-state index contributed by atoms with van der Waals surface area (Å²) >= 11 is 0. The second-order valence-corrected chi connectivity index (χ2v) is 3.34. The van der Waals surface area contributed by atoms with Crippen LogP contribution in [0, 0.1) is 0 Å². The summed E-state index contributed by atoms with van der Waals surface area (Å²) in [7, 11) is 0. The molecule has 0 aromatic heterocycles. The molecule has 1 atom stereocenters. The standard InChI is InChI=1S/C8H12N2O2/c11-8(12)5-9-4-7-2-1-3-10(7)6-9/h1,3,7H,2,4-6H2,(H,11,12). The maximum atomic E-state index is 10.4. The molecule has 0 aromatic rings. The molecule has 2 heterocycles. The van der Waals surface area contributed by atoms with Crippen molar-refractivity contribution in [3.05, 3.63) is 12.3 Å². The molecule has 1 saturated heterocycles. The normalized spacial score (nSPS) is 28.0. The fraction of sp³-hybridized carbons (Fsp3) is 0.625. The van der Waals surface area contributed by atoms with Crippen molar-refractivity contribution in [2.75, 3.05) is 19.8 Å². The Hall–Kier alpha value is -1.03. The fourth-order valence-electron chi connectivity index (χ4n) is 1.85. The summed E-state index contributed by atoms with van der Waals surface area (Å²) in [4.78, 5) is 14.5. The number of aliphatic carboxylic acids is 1. The summed E-state index contributed by atoms with van der Waals surface area (Å²) in [6.07, 6.45) is 5.27. The van der Waals surface area contributed by atoms with Gasteiger partial charge in [0, 0.05) is 12.6 Å². The van der Waals surface area contributed by atoms with E-state index in [2.05, 4.69) is 17.2 Å². The zero-order valence-corrected chi connectivity index (χ0v) is 6.81. The van der Waals surface area contributed by atoms with Gasteiger partial charge in [0.25, 0.3) is 0 Å². The highest BCUT2D eigenvalue weighted by Gasteiger charge is 2.30. The van der Waals surface area contributed by atoms with Gasteiger partial charge in [0.15, 0.2) is 0 Å². The van der Waals surface area contributed by atoms with Gasteiger partial charge in [0.1, 0.15) is 0 Å². The monoisotopic (exact) mass is 168 g/mol. The smallest absolute Gasteiger partial charge is 0.317 e. The number of nitrogens with zero attached hydrogens (tertiary/aromatic N) is 2. The van der Waals surface area contributed by atoms with E-state index in [4.69, 9.17) is 5.11 Å². The van der Waals surface area contributed by atoms with Crippen LogP contribution in [-0.4, -0.2) is 46.7 Å². The lowest BCUT2D eigenvalue weighted by Crippen LogP contribution is -2.28. The Morgan fingerprint density at radius 2 is 2.50 bits per heavy atom. The van der Waals surface area contributed by atoms with Gasteiger partial charge < -0.3 is 10.0 Å². The number of carboxylic acid groups (broad SMARTS) is 1. The Morgan fingerprint density at radius 3 is 3.17 bits per heavy atom. The van der Waals surface area contributed by atoms with Crippen LogP contribution in [0.25, 0.3) is 0 Å². The molecular weight excluding hydrogens is 156 g/mol. The van der Waals surface area contributed by atoms with E-state index in [-0.39, 0.29) is 6.54 Å². The summed E-state index contributed by atoms with van der Waals surface area (Å²) in [5.74, 6) is -0.736. The lowest BCUT2D eigenvalue weighted by molar-refractivity contribution is -0.138. The molecule has 0 amide bonds. The van der Waals surface area contributed by atoms with E-state index in [1.807, 2.05) is 4.90 Å². The molecule has 66 valence electrons. The van der Waals surface area contributed by atoms with E-state index in [9.17, 15) is 4.79 Å². The first-order valence-electron chi connectivity index (χ1n) is 4.12. The first kappa shape index (κ1) is 7.61. The predicted octanol–water partition coefficient (Wildman–Crippen LogP) is -0.0679. The van der Waals surface area contributed by atoms with Crippen LogP contribution in [0.5, 0.6) is 0 Å². The molecule has 1 fully saturated rings. The van der Waals surface area contributed by atoms with Gasteiger partial charge in [-0.25, -0.2) is 0 Å². The lowest BCUT2D eigenvalue weighted by atomic mass is 10.2. The SMILES string of the molecule is O=C(O)CN1CC2CC=CN2C1. The fourth-order valence-corrected chi connectivity index (χ4v) is 1.85. The number of carbonyl (C=O) groups is 1. The summed E-state index contributed by atoms with van der Waals surface area (Å²) in [6.45, 7) is 1.83. The zero-order chi connectivity index (χ0) is 8.55. The van der Waals surface area contributed by atoms with Crippen LogP contribution in [0.3, 0.4) is 0 Å². The highest BCUT2D eigenvalue weighted by Crippen LogP contribution is 2.21. The summed E-state index contributed by atoms with van der Waals surface area (Å²) in [5, 5.41) is 8.56. The third-order valence-corrected chi connectivity index (χ3v) is 2.37. The van der Waals surface area contributed by atoms with Crippen molar-refractivity contribution in [2.45, 2.75) is 12.5 Å². The van der Waals surface area contributed by atoms with Crippen LogP contribution in [0.1, 0.15) is 6.42 Å². The third kappa shape index (κ3) is 1.30. The average molecular weight is 168 g/mol.